The summed E-state index contributed by atoms with van der Waals surface area (Å²) in [6.45, 7) is 7.60. The van der Waals surface area contributed by atoms with Gasteiger partial charge in [0.1, 0.15) is 0 Å². The Balaban J connectivity index is 0.00000144. The number of β-amino-alcohol motifs (C(OH)–C–C–N with tert-alkyl or cyclic N) is 1. The quantitative estimate of drug-likeness (QED) is 0.840. The van der Waals surface area contributed by atoms with E-state index in [9.17, 15) is 5.11 Å². The molecule has 1 aromatic carbocycles. The lowest BCUT2D eigenvalue weighted by atomic mass is 10.1. The van der Waals surface area contributed by atoms with Crippen molar-refractivity contribution in [2.24, 2.45) is 0 Å². The van der Waals surface area contributed by atoms with Gasteiger partial charge in [-0.15, -0.1) is 24.8 Å². The van der Waals surface area contributed by atoms with Crippen molar-refractivity contribution < 1.29 is 9.84 Å². The molecule has 138 valence electrons. The van der Waals surface area contributed by atoms with E-state index < -0.39 is 0 Å². The third kappa shape index (κ3) is 4.67. The first kappa shape index (κ1) is 21.3. The van der Waals surface area contributed by atoms with Crippen LogP contribution in [0.15, 0.2) is 18.2 Å². The first-order chi connectivity index (χ1) is 10.7. The van der Waals surface area contributed by atoms with Gasteiger partial charge in [-0.25, -0.2) is 0 Å². The number of aliphatic hydroxyl groups is 1. The van der Waals surface area contributed by atoms with E-state index in [-0.39, 0.29) is 30.9 Å². The summed E-state index contributed by atoms with van der Waals surface area (Å²) >= 11 is 0. The van der Waals surface area contributed by atoms with Gasteiger partial charge < -0.3 is 25.0 Å². The Morgan fingerprint density at radius 1 is 1.29 bits per heavy atom. The molecule has 0 radical (unpaired) electrons. The van der Waals surface area contributed by atoms with E-state index in [4.69, 9.17) is 4.74 Å². The highest BCUT2D eigenvalue weighted by Gasteiger charge is 2.24. The number of nitrogens with zero attached hydrogens (tertiary/aromatic N) is 2. The Morgan fingerprint density at radius 3 is 2.71 bits per heavy atom. The van der Waals surface area contributed by atoms with E-state index in [2.05, 4.69) is 40.2 Å². The number of hydrogen-bond donors (Lipinski definition) is 2. The topological polar surface area (TPSA) is 48.0 Å². The summed E-state index contributed by atoms with van der Waals surface area (Å²) in [5.41, 5.74) is 3.68. The molecule has 5 nitrogen and oxygen atoms in total. The summed E-state index contributed by atoms with van der Waals surface area (Å²) in [7, 11) is 1.74. The van der Waals surface area contributed by atoms with Crippen molar-refractivity contribution in [3.8, 4) is 0 Å². The van der Waals surface area contributed by atoms with Crippen molar-refractivity contribution in [2.45, 2.75) is 32.1 Å². The zero-order chi connectivity index (χ0) is 15.5. The van der Waals surface area contributed by atoms with Crippen molar-refractivity contribution >= 4 is 36.2 Å². The van der Waals surface area contributed by atoms with Gasteiger partial charge in [0.2, 0.25) is 0 Å². The van der Waals surface area contributed by atoms with Crippen molar-refractivity contribution in [3.05, 3.63) is 23.8 Å². The van der Waals surface area contributed by atoms with Crippen LogP contribution in [0.3, 0.4) is 0 Å². The lowest BCUT2D eigenvalue weighted by Crippen LogP contribution is -2.49. The molecular weight excluding hydrogens is 349 g/mol. The summed E-state index contributed by atoms with van der Waals surface area (Å²) in [5.74, 6) is 0. The lowest BCUT2D eigenvalue weighted by Gasteiger charge is -2.36. The van der Waals surface area contributed by atoms with Gasteiger partial charge in [-0.05, 0) is 31.5 Å². The molecule has 1 aromatic rings. The van der Waals surface area contributed by atoms with Gasteiger partial charge in [0.05, 0.1) is 12.7 Å². The Kier molecular flexibility index (Phi) is 8.60. The van der Waals surface area contributed by atoms with E-state index in [0.29, 0.717) is 12.6 Å². The van der Waals surface area contributed by atoms with Crippen LogP contribution in [-0.2, 0) is 11.3 Å². The number of rotatable bonds is 4. The predicted octanol–water partition coefficient (Wildman–Crippen LogP) is 2.05. The SMILES string of the molecule is COCc1cc(N2CCNC[C@@H]2C)ccc1N1CC[C@@H](O)C1.Cl.Cl. The molecule has 2 aliphatic heterocycles. The lowest BCUT2D eigenvalue weighted by molar-refractivity contribution is 0.185. The number of halogens is 2. The molecule has 0 amide bonds. The molecule has 7 heteroatoms. The minimum atomic E-state index is -0.205. The zero-order valence-corrected chi connectivity index (χ0v) is 16.0. The number of piperazine rings is 1. The zero-order valence-electron chi connectivity index (χ0n) is 14.4. The van der Waals surface area contributed by atoms with Crippen LogP contribution in [0.1, 0.15) is 18.9 Å². The average Bonchev–Trinajstić information content (AvgIpc) is 2.94. The standard InChI is InChI=1S/C17H27N3O2.2ClH/c1-13-10-18-6-8-20(13)15-3-4-17(14(9-15)12-22-2)19-7-5-16(21)11-19;;/h3-4,9,13,16,18,21H,5-8,10-12H2,1-2H3;2*1H/t13-,16+;;/m0../s1. The van der Waals surface area contributed by atoms with E-state index in [1.165, 1.54) is 16.9 Å². The van der Waals surface area contributed by atoms with Gasteiger partial charge in [0, 0.05) is 62.8 Å². The Hall–Kier alpha value is -0.720. The molecule has 0 saturated carbocycles. The number of ether oxygens (including phenoxy) is 1. The maximum Gasteiger partial charge on any atom is 0.0734 e. The van der Waals surface area contributed by atoms with Gasteiger partial charge in [-0.3, -0.25) is 0 Å². The fraction of sp³-hybridized carbons (Fsp3) is 0.647. The van der Waals surface area contributed by atoms with Crippen molar-refractivity contribution in [2.75, 3.05) is 49.6 Å². The molecule has 2 N–H and O–H groups in total. The summed E-state index contributed by atoms with van der Waals surface area (Å²) < 4.78 is 5.40. The van der Waals surface area contributed by atoms with Gasteiger partial charge in [-0.1, -0.05) is 0 Å². The highest BCUT2D eigenvalue weighted by Crippen LogP contribution is 2.30. The average molecular weight is 378 g/mol. The third-order valence-corrected chi connectivity index (χ3v) is 4.70. The Bertz CT molecular complexity index is 519. The normalized spacial score (nSPS) is 23.6. The molecule has 2 saturated heterocycles. The smallest absolute Gasteiger partial charge is 0.0734 e. The molecule has 3 rings (SSSR count). The molecule has 0 unspecified atom stereocenters. The van der Waals surface area contributed by atoms with E-state index in [1.54, 1.807) is 7.11 Å². The molecule has 2 fully saturated rings. The Labute approximate surface area is 157 Å². The van der Waals surface area contributed by atoms with E-state index >= 15 is 0 Å². The van der Waals surface area contributed by atoms with E-state index in [0.717, 1.165) is 39.1 Å². The highest BCUT2D eigenvalue weighted by atomic mass is 35.5. The molecule has 0 aromatic heterocycles. The van der Waals surface area contributed by atoms with Crippen LogP contribution in [0.4, 0.5) is 11.4 Å². The van der Waals surface area contributed by atoms with E-state index in [1.807, 2.05) is 0 Å². The first-order valence-corrected chi connectivity index (χ1v) is 8.21. The van der Waals surface area contributed by atoms with Crippen LogP contribution >= 0.6 is 24.8 Å². The van der Waals surface area contributed by atoms with Gasteiger partial charge in [0.15, 0.2) is 0 Å². The fourth-order valence-corrected chi connectivity index (χ4v) is 3.52. The summed E-state index contributed by atoms with van der Waals surface area (Å²) in [4.78, 5) is 4.72. The molecule has 0 bridgehead atoms. The Morgan fingerprint density at radius 2 is 2.08 bits per heavy atom. The van der Waals surface area contributed by atoms with Crippen molar-refractivity contribution in [1.29, 1.82) is 0 Å². The molecule has 0 spiro atoms. The molecule has 24 heavy (non-hydrogen) atoms. The molecule has 2 atom stereocenters. The van der Waals surface area contributed by atoms with Gasteiger partial charge >= 0.3 is 0 Å². The minimum absolute atomic E-state index is 0. The number of benzene rings is 1. The fourth-order valence-electron chi connectivity index (χ4n) is 3.52. The second-order valence-electron chi connectivity index (χ2n) is 6.38. The van der Waals surface area contributed by atoms with Crippen LogP contribution in [0, 0.1) is 0 Å². The van der Waals surface area contributed by atoms with Gasteiger partial charge in [-0.2, -0.15) is 0 Å². The second-order valence-corrected chi connectivity index (χ2v) is 6.38. The van der Waals surface area contributed by atoms with Crippen molar-refractivity contribution in [3.63, 3.8) is 0 Å². The molecule has 0 aliphatic carbocycles. The number of hydrogen-bond acceptors (Lipinski definition) is 5. The third-order valence-electron chi connectivity index (χ3n) is 4.70. The number of methoxy groups -OCH3 is 1. The van der Waals surface area contributed by atoms with Crippen LogP contribution in [0.2, 0.25) is 0 Å². The number of nitrogens with one attached hydrogen (secondary N) is 1. The van der Waals surface area contributed by atoms with Crippen LogP contribution in [-0.4, -0.2) is 57.1 Å². The minimum Gasteiger partial charge on any atom is -0.391 e. The largest absolute Gasteiger partial charge is 0.391 e. The summed E-state index contributed by atoms with van der Waals surface area (Å²) in [6.07, 6.45) is 0.645. The van der Waals surface area contributed by atoms with Gasteiger partial charge in [0.25, 0.3) is 0 Å². The first-order valence-electron chi connectivity index (χ1n) is 8.21. The summed E-state index contributed by atoms with van der Waals surface area (Å²) in [6, 6.07) is 7.16. The predicted molar refractivity (Wildman–Crippen MR) is 104 cm³/mol. The summed E-state index contributed by atoms with van der Waals surface area (Å²) in [5, 5.41) is 13.2. The number of aliphatic hydroxyl groups excluding tert-OH is 1. The molecule has 2 heterocycles. The molecular formula is C17H29Cl2N3O2. The van der Waals surface area contributed by atoms with Crippen LogP contribution in [0.5, 0.6) is 0 Å². The highest BCUT2D eigenvalue weighted by molar-refractivity contribution is 5.85. The second kappa shape index (κ2) is 9.68. The van der Waals surface area contributed by atoms with Crippen molar-refractivity contribution in [1.82, 2.24) is 5.32 Å². The maximum absolute atomic E-state index is 9.79. The number of anilines is 2. The van der Waals surface area contributed by atoms with Crippen LogP contribution in [0.25, 0.3) is 0 Å². The monoisotopic (exact) mass is 377 g/mol. The van der Waals surface area contributed by atoms with Crippen LogP contribution < -0.4 is 15.1 Å². The molecule has 2 aliphatic rings. The maximum atomic E-state index is 9.79.